The molecule has 0 spiro atoms. The van der Waals surface area contributed by atoms with Gasteiger partial charge < -0.3 is 5.73 Å². The van der Waals surface area contributed by atoms with Crippen molar-refractivity contribution < 1.29 is 0 Å². The molecule has 0 bridgehead atoms. The van der Waals surface area contributed by atoms with Crippen molar-refractivity contribution >= 4 is 5.69 Å². The van der Waals surface area contributed by atoms with Crippen molar-refractivity contribution in [2.24, 2.45) is 0 Å². The Morgan fingerprint density at radius 3 is 2.35 bits per heavy atom. The normalized spacial score (nSPS) is 12.4. The summed E-state index contributed by atoms with van der Waals surface area (Å²) in [4.78, 5) is 0. The lowest BCUT2D eigenvalue weighted by Crippen LogP contribution is -2.03. The number of rotatable bonds is 2. The molecule has 0 heterocycles. The summed E-state index contributed by atoms with van der Waals surface area (Å²) in [5.74, 6) is 0.344. The molecule has 0 aliphatic heterocycles. The maximum atomic E-state index is 6.08. The van der Waals surface area contributed by atoms with Gasteiger partial charge in [0.2, 0.25) is 0 Å². The average molecular weight is 225 g/mol. The molecule has 0 radical (unpaired) electrons. The molecule has 0 aliphatic rings. The van der Waals surface area contributed by atoms with Crippen LogP contribution in [0, 0.1) is 13.8 Å². The minimum absolute atomic E-state index is 0.344. The number of benzene rings is 2. The van der Waals surface area contributed by atoms with E-state index in [0.29, 0.717) is 5.92 Å². The minimum Gasteiger partial charge on any atom is -0.398 e. The highest BCUT2D eigenvalue weighted by Crippen LogP contribution is 2.30. The van der Waals surface area contributed by atoms with Gasteiger partial charge in [0.05, 0.1) is 0 Å². The Morgan fingerprint density at radius 1 is 0.941 bits per heavy atom. The fourth-order valence-electron chi connectivity index (χ4n) is 2.31. The molecule has 1 nitrogen and oxygen atoms in total. The second kappa shape index (κ2) is 4.62. The van der Waals surface area contributed by atoms with E-state index in [1.807, 2.05) is 6.07 Å². The van der Waals surface area contributed by atoms with Gasteiger partial charge in [0.25, 0.3) is 0 Å². The molecule has 1 heteroatoms. The van der Waals surface area contributed by atoms with Crippen LogP contribution in [0.5, 0.6) is 0 Å². The summed E-state index contributed by atoms with van der Waals surface area (Å²) in [5.41, 5.74) is 12.1. The second-order valence-corrected chi connectivity index (χ2v) is 4.71. The lowest BCUT2D eigenvalue weighted by Gasteiger charge is -2.17. The van der Waals surface area contributed by atoms with Crippen LogP contribution in [-0.2, 0) is 0 Å². The highest BCUT2D eigenvalue weighted by Gasteiger charge is 2.13. The minimum atomic E-state index is 0.344. The van der Waals surface area contributed by atoms with E-state index in [1.54, 1.807) is 0 Å². The zero-order valence-corrected chi connectivity index (χ0v) is 10.7. The molecule has 0 amide bonds. The first-order valence-corrected chi connectivity index (χ1v) is 6.01. The molecule has 2 aromatic rings. The van der Waals surface area contributed by atoms with Crippen LogP contribution in [-0.4, -0.2) is 0 Å². The molecule has 2 N–H and O–H groups in total. The van der Waals surface area contributed by atoms with E-state index in [-0.39, 0.29) is 0 Å². The summed E-state index contributed by atoms with van der Waals surface area (Å²) in [6, 6.07) is 14.7. The van der Waals surface area contributed by atoms with Crippen molar-refractivity contribution in [2.45, 2.75) is 26.7 Å². The summed E-state index contributed by atoms with van der Waals surface area (Å²) in [6.07, 6.45) is 0. The standard InChI is InChI=1S/C16H19N/c1-11-8-9-16(17)15(10-11)13(3)14-7-5-4-6-12(14)2/h4-10,13H,17H2,1-3H3. The van der Waals surface area contributed by atoms with Gasteiger partial charge in [0.15, 0.2) is 0 Å². The van der Waals surface area contributed by atoms with Gasteiger partial charge in [0, 0.05) is 11.6 Å². The first-order valence-electron chi connectivity index (χ1n) is 6.01. The number of nitrogens with two attached hydrogens (primary N) is 1. The third-order valence-corrected chi connectivity index (χ3v) is 3.36. The lowest BCUT2D eigenvalue weighted by molar-refractivity contribution is 0.911. The van der Waals surface area contributed by atoms with Crippen LogP contribution in [0.2, 0.25) is 0 Å². The number of hydrogen-bond donors (Lipinski definition) is 1. The largest absolute Gasteiger partial charge is 0.398 e. The summed E-state index contributed by atoms with van der Waals surface area (Å²) >= 11 is 0. The van der Waals surface area contributed by atoms with Gasteiger partial charge in [-0.3, -0.25) is 0 Å². The third kappa shape index (κ3) is 2.33. The molecule has 2 aromatic carbocycles. The molecule has 0 saturated heterocycles. The van der Waals surface area contributed by atoms with Crippen molar-refractivity contribution in [3.63, 3.8) is 0 Å². The highest BCUT2D eigenvalue weighted by atomic mass is 14.6. The Morgan fingerprint density at radius 2 is 1.65 bits per heavy atom. The zero-order valence-electron chi connectivity index (χ0n) is 10.7. The first kappa shape index (κ1) is 11.7. The Kier molecular flexibility index (Phi) is 3.19. The van der Waals surface area contributed by atoms with E-state index in [9.17, 15) is 0 Å². The molecule has 1 unspecified atom stereocenters. The monoisotopic (exact) mass is 225 g/mol. The Labute approximate surface area is 103 Å². The quantitative estimate of drug-likeness (QED) is 0.767. The number of hydrogen-bond acceptors (Lipinski definition) is 1. The smallest absolute Gasteiger partial charge is 0.0352 e. The summed E-state index contributed by atoms with van der Waals surface area (Å²) in [7, 11) is 0. The average Bonchev–Trinajstić information content (AvgIpc) is 2.32. The van der Waals surface area contributed by atoms with Crippen molar-refractivity contribution in [2.75, 3.05) is 5.73 Å². The number of anilines is 1. The maximum Gasteiger partial charge on any atom is 0.0352 e. The Bertz CT molecular complexity index is 529. The predicted molar refractivity (Wildman–Crippen MR) is 74.3 cm³/mol. The SMILES string of the molecule is Cc1ccc(N)c(C(C)c2ccccc2C)c1. The van der Waals surface area contributed by atoms with E-state index < -0.39 is 0 Å². The molecule has 88 valence electrons. The third-order valence-electron chi connectivity index (χ3n) is 3.36. The van der Waals surface area contributed by atoms with Gasteiger partial charge in [-0.15, -0.1) is 0 Å². The summed E-state index contributed by atoms with van der Waals surface area (Å²) in [6.45, 7) is 6.47. The summed E-state index contributed by atoms with van der Waals surface area (Å²) < 4.78 is 0. The molecule has 17 heavy (non-hydrogen) atoms. The van der Waals surface area contributed by atoms with Gasteiger partial charge in [-0.05, 0) is 36.6 Å². The molecule has 0 fully saturated rings. The molecule has 1 atom stereocenters. The number of aryl methyl sites for hydroxylation is 2. The Hall–Kier alpha value is -1.76. The first-order chi connectivity index (χ1) is 8.09. The van der Waals surface area contributed by atoms with Crippen molar-refractivity contribution in [3.05, 3.63) is 64.7 Å². The topological polar surface area (TPSA) is 26.0 Å². The maximum absolute atomic E-state index is 6.08. The van der Waals surface area contributed by atoms with Gasteiger partial charge in [-0.1, -0.05) is 48.9 Å². The molecule has 0 aromatic heterocycles. The lowest BCUT2D eigenvalue weighted by atomic mass is 9.88. The van der Waals surface area contributed by atoms with Gasteiger partial charge >= 0.3 is 0 Å². The van der Waals surface area contributed by atoms with E-state index >= 15 is 0 Å². The molecular weight excluding hydrogens is 206 g/mol. The van der Waals surface area contributed by atoms with Crippen molar-refractivity contribution in [3.8, 4) is 0 Å². The summed E-state index contributed by atoms with van der Waals surface area (Å²) in [5, 5.41) is 0. The predicted octanol–water partition coefficient (Wildman–Crippen LogP) is 4.04. The fraction of sp³-hybridized carbons (Fsp3) is 0.250. The van der Waals surface area contributed by atoms with Gasteiger partial charge in [-0.25, -0.2) is 0 Å². The van der Waals surface area contributed by atoms with Crippen molar-refractivity contribution in [1.82, 2.24) is 0 Å². The number of nitrogen functional groups attached to an aromatic ring is 1. The van der Waals surface area contributed by atoms with Crippen LogP contribution in [0.25, 0.3) is 0 Å². The van der Waals surface area contributed by atoms with Crippen LogP contribution in [0.1, 0.15) is 35.1 Å². The van der Waals surface area contributed by atoms with Crippen molar-refractivity contribution in [1.29, 1.82) is 0 Å². The molecule has 0 aliphatic carbocycles. The highest BCUT2D eigenvalue weighted by molar-refractivity contribution is 5.53. The molecule has 2 rings (SSSR count). The van der Waals surface area contributed by atoms with Crippen LogP contribution >= 0.6 is 0 Å². The van der Waals surface area contributed by atoms with Crippen LogP contribution in [0.4, 0.5) is 5.69 Å². The van der Waals surface area contributed by atoms with Crippen LogP contribution in [0.3, 0.4) is 0 Å². The second-order valence-electron chi connectivity index (χ2n) is 4.71. The van der Waals surface area contributed by atoms with E-state index in [4.69, 9.17) is 5.73 Å². The Balaban J connectivity index is 2.47. The van der Waals surface area contributed by atoms with Crippen LogP contribution in [0.15, 0.2) is 42.5 Å². The molecule has 0 saturated carbocycles. The van der Waals surface area contributed by atoms with Gasteiger partial charge in [-0.2, -0.15) is 0 Å². The zero-order chi connectivity index (χ0) is 12.4. The van der Waals surface area contributed by atoms with Gasteiger partial charge in [0.1, 0.15) is 0 Å². The molecular formula is C16H19N. The van der Waals surface area contributed by atoms with E-state index in [0.717, 1.165) is 5.69 Å². The van der Waals surface area contributed by atoms with E-state index in [2.05, 4.69) is 57.2 Å². The van der Waals surface area contributed by atoms with Crippen LogP contribution < -0.4 is 5.73 Å². The fourth-order valence-corrected chi connectivity index (χ4v) is 2.31. The van der Waals surface area contributed by atoms with E-state index in [1.165, 1.54) is 22.3 Å².